The minimum Gasteiger partial charge on any atom is -0.351 e. The van der Waals surface area contributed by atoms with E-state index in [0.29, 0.717) is 24.2 Å². The maximum atomic E-state index is 13.3. The summed E-state index contributed by atoms with van der Waals surface area (Å²) >= 11 is 10.0. The quantitative estimate of drug-likeness (QED) is 0.438. The number of piperidine rings is 2. The Hall–Kier alpha value is -2.65. The zero-order valence-corrected chi connectivity index (χ0v) is 23.6. The second-order valence-corrected chi connectivity index (χ2v) is 12.2. The monoisotopic (exact) mass is 598 g/mol. The number of rotatable bonds is 4. The predicted molar refractivity (Wildman–Crippen MR) is 150 cm³/mol. The largest absolute Gasteiger partial charge is 0.351 e. The molecule has 8 nitrogen and oxygen atoms in total. The van der Waals surface area contributed by atoms with Crippen LogP contribution in [0.5, 0.6) is 0 Å². The molecule has 4 heterocycles. The van der Waals surface area contributed by atoms with E-state index in [1.54, 1.807) is 0 Å². The molecule has 0 spiro atoms. The summed E-state index contributed by atoms with van der Waals surface area (Å²) in [5.74, 6) is 1.87. The number of nitrogens with two attached hydrogens (primary N) is 1. The van der Waals surface area contributed by atoms with Crippen molar-refractivity contribution >= 4 is 45.4 Å². The molecule has 38 heavy (non-hydrogen) atoms. The van der Waals surface area contributed by atoms with Crippen LogP contribution < -0.4 is 10.6 Å². The Morgan fingerprint density at radius 1 is 1.08 bits per heavy atom. The predicted octanol–water partition coefficient (Wildman–Crippen LogP) is 5.24. The number of aryl methyl sites for hydroxylation is 2. The lowest BCUT2D eigenvalue weighted by atomic mass is 9.76. The number of hydrogen-bond donors (Lipinski definition) is 1. The molecule has 3 aromatic rings. The molecule has 1 amide bonds. The molecule has 2 aromatic heterocycles. The molecule has 2 N–H and O–H groups in total. The van der Waals surface area contributed by atoms with Gasteiger partial charge in [-0.25, -0.2) is 0 Å². The highest BCUT2D eigenvalue weighted by molar-refractivity contribution is 9.10. The normalized spacial score (nSPS) is 20.6. The second-order valence-electron chi connectivity index (χ2n) is 10.8. The van der Waals surface area contributed by atoms with E-state index in [0.717, 1.165) is 74.2 Å². The van der Waals surface area contributed by atoms with E-state index in [1.807, 2.05) is 12.3 Å². The summed E-state index contributed by atoms with van der Waals surface area (Å²) in [5, 5.41) is 4.70. The second kappa shape index (κ2) is 10.8. The number of halogens is 2. The standard InChI is InChI=1S/C28H32BrClN6O2/c29-21-14-20-2-1-19-15-22(30)3-4-23(19)25(26(20)32-16-21)18-7-11-35(12-8-18)24(37)13-17-5-9-36(10-6-17)28-33-27(31)38-34-28/h3-4,14-18,25H,1-2,5-13H2,(H2,31,33,34). The van der Waals surface area contributed by atoms with Crippen LogP contribution in [-0.4, -0.2) is 52.1 Å². The molecular weight excluding hydrogens is 568 g/mol. The third-order valence-electron chi connectivity index (χ3n) is 8.52. The van der Waals surface area contributed by atoms with Crippen molar-refractivity contribution in [3.63, 3.8) is 0 Å². The van der Waals surface area contributed by atoms with Gasteiger partial charge in [0.2, 0.25) is 5.91 Å². The molecule has 6 rings (SSSR count). The lowest BCUT2D eigenvalue weighted by Crippen LogP contribution is -2.42. The van der Waals surface area contributed by atoms with Gasteiger partial charge in [-0.15, -0.1) is 0 Å². The van der Waals surface area contributed by atoms with Crippen LogP contribution in [-0.2, 0) is 17.6 Å². The number of nitrogen functional groups attached to an aromatic ring is 1. The number of carbonyl (C=O) groups excluding carboxylic acids is 1. The summed E-state index contributed by atoms with van der Waals surface area (Å²) in [4.78, 5) is 26.5. The third kappa shape index (κ3) is 5.27. The molecule has 2 fully saturated rings. The summed E-state index contributed by atoms with van der Waals surface area (Å²) < 4.78 is 5.92. The number of anilines is 2. The lowest BCUT2D eigenvalue weighted by Gasteiger charge is -2.38. The van der Waals surface area contributed by atoms with Gasteiger partial charge in [-0.2, -0.15) is 4.98 Å². The first-order valence-corrected chi connectivity index (χ1v) is 14.7. The van der Waals surface area contributed by atoms with Crippen LogP contribution in [0.1, 0.15) is 60.4 Å². The van der Waals surface area contributed by atoms with Crippen molar-refractivity contribution in [1.82, 2.24) is 20.0 Å². The number of fused-ring (bicyclic) bond motifs is 2. The molecule has 1 atom stereocenters. The molecule has 1 aromatic carbocycles. The molecule has 2 aliphatic heterocycles. The Kier molecular flexibility index (Phi) is 7.31. The summed E-state index contributed by atoms with van der Waals surface area (Å²) in [7, 11) is 0. The van der Waals surface area contributed by atoms with Crippen LogP contribution in [0.3, 0.4) is 0 Å². The Balaban J connectivity index is 1.10. The first kappa shape index (κ1) is 25.6. The van der Waals surface area contributed by atoms with Crippen molar-refractivity contribution in [1.29, 1.82) is 0 Å². The van der Waals surface area contributed by atoms with Crippen LogP contribution in [0.2, 0.25) is 5.02 Å². The smallest absolute Gasteiger partial charge is 0.320 e. The zero-order valence-electron chi connectivity index (χ0n) is 21.3. The SMILES string of the molecule is Nc1nc(N2CCC(CC(=O)N3CCC(C4c5ccc(Cl)cc5CCc5cc(Br)cnc54)CC3)CC2)no1. The Bertz CT molecular complexity index is 1260. The topological polar surface area (TPSA) is 101 Å². The number of nitrogens with zero attached hydrogens (tertiary/aromatic N) is 5. The molecule has 200 valence electrons. The van der Waals surface area contributed by atoms with Gasteiger partial charge < -0.3 is 20.1 Å². The van der Waals surface area contributed by atoms with Crippen molar-refractivity contribution in [3.05, 3.63) is 62.3 Å². The highest BCUT2D eigenvalue weighted by Gasteiger charge is 2.35. The summed E-state index contributed by atoms with van der Waals surface area (Å²) in [6.07, 6.45) is 8.29. The van der Waals surface area contributed by atoms with Crippen molar-refractivity contribution < 1.29 is 9.32 Å². The molecule has 2 saturated heterocycles. The average Bonchev–Trinajstić information content (AvgIpc) is 3.29. The summed E-state index contributed by atoms with van der Waals surface area (Å²) in [6.45, 7) is 3.23. The van der Waals surface area contributed by atoms with Gasteiger partial charge in [0.1, 0.15) is 0 Å². The van der Waals surface area contributed by atoms with E-state index >= 15 is 0 Å². The van der Waals surface area contributed by atoms with Crippen molar-refractivity contribution in [2.45, 2.75) is 50.9 Å². The van der Waals surface area contributed by atoms with Crippen LogP contribution in [0, 0.1) is 11.8 Å². The third-order valence-corrected chi connectivity index (χ3v) is 9.19. The Morgan fingerprint density at radius 2 is 1.84 bits per heavy atom. The molecule has 1 aliphatic carbocycles. The van der Waals surface area contributed by atoms with Crippen LogP contribution >= 0.6 is 27.5 Å². The van der Waals surface area contributed by atoms with Crippen LogP contribution in [0.25, 0.3) is 0 Å². The van der Waals surface area contributed by atoms with Gasteiger partial charge in [0.25, 0.3) is 5.95 Å². The molecular formula is C28H32BrClN6O2. The van der Waals surface area contributed by atoms with E-state index in [-0.39, 0.29) is 17.8 Å². The van der Waals surface area contributed by atoms with Gasteiger partial charge in [-0.1, -0.05) is 17.7 Å². The highest BCUT2D eigenvalue weighted by Crippen LogP contribution is 2.43. The van der Waals surface area contributed by atoms with Gasteiger partial charge in [0.15, 0.2) is 0 Å². The van der Waals surface area contributed by atoms with Gasteiger partial charge in [0, 0.05) is 54.2 Å². The number of likely N-dealkylation sites (tertiary alicyclic amines) is 1. The number of hydrogen-bond acceptors (Lipinski definition) is 7. The van der Waals surface area contributed by atoms with Gasteiger partial charge in [-0.3, -0.25) is 9.78 Å². The van der Waals surface area contributed by atoms with Crippen LogP contribution in [0.15, 0.2) is 39.5 Å². The fourth-order valence-electron chi connectivity index (χ4n) is 6.51. The molecule has 1 unspecified atom stereocenters. The van der Waals surface area contributed by atoms with Crippen molar-refractivity contribution in [3.8, 4) is 0 Å². The van der Waals surface area contributed by atoms with E-state index in [4.69, 9.17) is 26.8 Å². The Morgan fingerprint density at radius 3 is 2.58 bits per heavy atom. The first-order chi connectivity index (χ1) is 18.4. The number of carbonyl (C=O) groups is 1. The minimum absolute atomic E-state index is 0.0870. The molecule has 0 bridgehead atoms. The minimum atomic E-state index is 0.0870. The van der Waals surface area contributed by atoms with Crippen molar-refractivity contribution in [2.75, 3.05) is 36.8 Å². The molecule has 0 saturated carbocycles. The maximum Gasteiger partial charge on any atom is 0.320 e. The van der Waals surface area contributed by atoms with E-state index in [2.05, 4.69) is 54.1 Å². The first-order valence-electron chi connectivity index (χ1n) is 13.5. The molecule has 3 aliphatic rings. The summed E-state index contributed by atoms with van der Waals surface area (Å²) in [5.41, 5.74) is 10.7. The number of pyridine rings is 1. The zero-order chi connectivity index (χ0) is 26.2. The van der Waals surface area contributed by atoms with Crippen LogP contribution in [0.4, 0.5) is 12.0 Å². The molecule has 10 heteroatoms. The maximum absolute atomic E-state index is 13.3. The fraction of sp³-hybridized carbons (Fsp3) is 0.500. The number of aromatic nitrogens is 3. The average molecular weight is 600 g/mol. The number of benzene rings is 1. The molecule has 0 radical (unpaired) electrons. The number of amides is 1. The van der Waals surface area contributed by atoms with E-state index in [1.165, 1.54) is 22.4 Å². The lowest BCUT2D eigenvalue weighted by molar-refractivity contribution is -0.133. The van der Waals surface area contributed by atoms with E-state index < -0.39 is 0 Å². The Labute approximate surface area is 236 Å². The van der Waals surface area contributed by atoms with E-state index in [9.17, 15) is 4.79 Å². The fourth-order valence-corrected chi connectivity index (χ4v) is 7.08. The summed E-state index contributed by atoms with van der Waals surface area (Å²) in [6, 6.07) is 8.65. The van der Waals surface area contributed by atoms with Crippen molar-refractivity contribution in [2.24, 2.45) is 11.8 Å². The van der Waals surface area contributed by atoms with Gasteiger partial charge >= 0.3 is 6.01 Å². The van der Waals surface area contributed by atoms with Gasteiger partial charge in [0.05, 0.1) is 5.69 Å². The highest BCUT2D eigenvalue weighted by atomic mass is 79.9. The van der Waals surface area contributed by atoms with Gasteiger partial charge in [-0.05, 0) is 106 Å².